The second kappa shape index (κ2) is 10.0. The summed E-state index contributed by atoms with van der Waals surface area (Å²) in [5.74, 6) is 0.622. The summed E-state index contributed by atoms with van der Waals surface area (Å²) >= 11 is 0. The second-order valence-corrected chi connectivity index (χ2v) is 3.73. The Morgan fingerprint density at radius 1 is 1.38 bits per heavy atom. The van der Waals surface area contributed by atoms with Gasteiger partial charge < -0.3 is 10.0 Å². The fraction of sp³-hybridized carbons (Fsp3) is 1.00. The van der Waals surface area contributed by atoms with Crippen LogP contribution >= 0.6 is 0 Å². The lowest BCUT2D eigenvalue weighted by molar-refractivity contribution is 0.223. The van der Waals surface area contributed by atoms with Gasteiger partial charge in [0.2, 0.25) is 0 Å². The van der Waals surface area contributed by atoms with Gasteiger partial charge in [-0.2, -0.15) is 0 Å². The molecule has 0 aliphatic carbocycles. The zero-order chi connectivity index (χ0) is 9.40. The maximum atomic E-state index is 8.71. The SMILES string of the molecule is C.CCCCN(C)C[C@H](C)CCO. The van der Waals surface area contributed by atoms with Crippen molar-refractivity contribution in [1.29, 1.82) is 0 Å². The van der Waals surface area contributed by atoms with Crippen molar-refractivity contribution >= 4 is 0 Å². The Kier molecular flexibility index (Phi) is 11.8. The average molecular weight is 189 g/mol. The molecule has 0 amide bonds. The molecule has 2 heteroatoms. The first-order valence-corrected chi connectivity index (χ1v) is 5.00. The fourth-order valence-corrected chi connectivity index (χ4v) is 1.36. The van der Waals surface area contributed by atoms with E-state index in [-0.39, 0.29) is 7.43 Å². The maximum absolute atomic E-state index is 8.71. The monoisotopic (exact) mass is 189 g/mol. The van der Waals surface area contributed by atoms with E-state index in [0.717, 1.165) is 13.0 Å². The van der Waals surface area contributed by atoms with Crippen LogP contribution < -0.4 is 0 Å². The molecule has 0 spiro atoms. The van der Waals surface area contributed by atoms with Gasteiger partial charge in [-0.3, -0.25) is 0 Å². The van der Waals surface area contributed by atoms with Gasteiger partial charge >= 0.3 is 0 Å². The number of aliphatic hydroxyl groups excluding tert-OH is 1. The number of hydrogen-bond donors (Lipinski definition) is 1. The van der Waals surface area contributed by atoms with Gasteiger partial charge in [-0.05, 0) is 32.4 Å². The average Bonchev–Trinajstić information content (AvgIpc) is 2.01. The molecule has 0 aromatic heterocycles. The van der Waals surface area contributed by atoms with E-state index in [2.05, 4.69) is 25.8 Å². The van der Waals surface area contributed by atoms with Crippen molar-refractivity contribution in [3.8, 4) is 0 Å². The number of nitrogens with zero attached hydrogens (tertiary/aromatic N) is 1. The highest BCUT2D eigenvalue weighted by Crippen LogP contribution is 2.03. The molecule has 0 unspecified atom stereocenters. The van der Waals surface area contributed by atoms with Crippen LogP contribution in [-0.2, 0) is 0 Å². The van der Waals surface area contributed by atoms with Crippen molar-refractivity contribution in [2.75, 3.05) is 26.7 Å². The van der Waals surface area contributed by atoms with E-state index in [1.807, 2.05) is 0 Å². The molecule has 0 rings (SSSR count). The highest BCUT2D eigenvalue weighted by molar-refractivity contribution is 4.58. The molecule has 0 aliphatic heterocycles. The topological polar surface area (TPSA) is 23.5 Å². The molecule has 82 valence electrons. The molecule has 0 saturated heterocycles. The Morgan fingerprint density at radius 3 is 2.46 bits per heavy atom. The van der Waals surface area contributed by atoms with E-state index in [1.165, 1.54) is 19.4 Å². The third-order valence-electron chi connectivity index (χ3n) is 2.14. The van der Waals surface area contributed by atoms with E-state index >= 15 is 0 Å². The standard InChI is InChI=1S/C10H23NO.CH4/c1-4-5-7-11(3)9-10(2)6-8-12;/h10,12H,4-9H2,1-3H3;1H4/t10-;/m1./s1. The summed E-state index contributed by atoms with van der Waals surface area (Å²) in [6.45, 7) is 7.03. The van der Waals surface area contributed by atoms with Crippen LogP contribution in [0.2, 0.25) is 0 Å². The van der Waals surface area contributed by atoms with Gasteiger partial charge in [-0.15, -0.1) is 0 Å². The van der Waals surface area contributed by atoms with Crippen LogP contribution in [0, 0.1) is 5.92 Å². The Balaban J connectivity index is 0. The molecule has 0 heterocycles. The lowest BCUT2D eigenvalue weighted by Crippen LogP contribution is -2.25. The molecule has 2 nitrogen and oxygen atoms in total. The Hall–Kier alpha value is -0.0800. The Bertz CT molecular complexity index is 96.1. The van der Waals surface area contributed by atoms with Crippen LogP contribution in [0.1, 0.15) is 40.5 Å². The predicted molar refractivity (Wildman–Crippen MR) is 60.0 cm³/mol. The van der Waals surface area contributed by atoms with E-state index in [0.29, 0.717) is 12.5 Å². The minimum atomic E-state index is 0. The normalized spacial score (nSPS) is 12.7. The smallest absolute Gasteiger partial charge is 0.0434 e. The summed E-state index contributed by atoms with van der Waals surface area (Å²) < 4.78 is 0. The van der Waals surface area contributed by atoms with Gasteiger partial charge in [-0.1, -0.05) is 27.7 Å². The minimum absolute atomic E-state index is 0. The van der Waals surface area contributed by atoms with Crippen LogP contribution in [-0.4, -0.2) is 36.8 Å². The molecule has 1 atom stereocenters. The summed E-state index contributed by atoms with van der Waals surface area (Å²) in [6.07, 6.45) is 3.47. The highest BCUT2D eigenvalue weighted by atomic mass is 16.3. The lowest BCUT2D eigenvalue weighted by atomic mass is 10.1. The molecule has 0 radical (unpaired) electrons. The first-order chi connectivity index (χ1) is 5.70. The minimum Gasteiger partial charge on any atom is -0.396 e. The molecule has 0 fully saturated rings. The van der Waals surface area contributed by atoms with Gasteiger partial charge in [0, 0.05) is 13.2 Å². The lowest BCUT2D eigenvalue weighted by Gasteiger charge is -2.20. The van der Waals surface area contributed by atoms with Crippen molar-refractivity contribution in [1.82, 2.24) is 4.90 Å². The number of hydrogen-bond acceptors (Lipinski definition) is 2. The van der Waals surface area contributed by atoms with Gasteiger partial charge in [0.05, 0.1) is 0 Å². The summed E-state index contributed by atoms with van der Waals surface area (Å²) in [6, 6.07) is 0. The zero-order valence-corrected chi connectivity index (χ0v) is 8.71. The van der Waals surface area contributed by atoms with Crippen molar-refractivity contribution in [3.63, 3.8) is 0 Å². The molecular formula is C11H27NO. The van der Waals surface area contributed by atoms with Gasteiger partial charge in [0.1, 0.15) is 0 Å². The zero-order valence-electron chi connectivity index (χ0n) is 8.71. The number of unbranched alkanes of at least 4 members (excludes halogenated alkanes) is 1. The quantitative estimate of drug-likeness (QED) is 0.664. The molecule has 13 heavy (non-hydrogen) atoms. The van der Waals surface area contributed by atoms with Gasteiger partial charge in [0.15, 0.2) is 0 Å². The van der Waals surface area contributed by atoms with Gasteiger partial charge in [-0.25, -0.2) is 0 Å². The summed E-state index contributed by atoms with van der Waals surface area (Å²) in [5, 5.41) is 8.71. The molecule has 0 aliphatic rings. The third-order valence-corrected chi connectivity index (χ3v) is 2.14. The first-order valence-electron chi connectivity index (χ1n) is 5.00. The number of rotatable bonds is 7. The fourth-order valence-electron chi connectivity index (χ4n) is 1.36. The van der Waals surface area contributed by atoms with Crippen LogP contribution in [0.4, 0.5) is 0 Å². The van der Waals surface area contributed by atoms with Gasteiger partial charge in [0.25, 0.3) is 0 Å². The van der Waals surface area contributed by atoms with Crippen molar-refractivity contribution in [2.24, 2.45) is 5.92 Å². The molecule has 0 bridgehead atoms. The largest absolute Gasteiger partial charge is 0.396 e. The van der Waals surface area contributed by atoms with Crippen LogP contribution in [0.3, 0.4) is 0 Å². The summed E-state index contributed by atoms with van der Waals surface area (Å²) in [5.41, 5.74) is 0. The maximum Gasteiger partial charge on any atom is 0.0434 e. The van der Waals surface area contributed by atoms with Crippen molar-refractivity contribution in [2.45, 2.75) is 40.5 Å². The van der Waals surface area contributed by atoms with Crippen molar-refractivity contribution in [3.05, 3.63) is 0 Å². The predicted octanol–water partition coefficient (Wildman–Crippen LogP) is 2.37. The van der Waals surface area contributed by atoms with E-state index < -0.39 is 0 Å². The molecule has 1 N–H and O–H groups in total. The summed E-state index contributed by atoms with van der Waals surface area (Å²) in [4.78, 5) is 2.35. The molecule has 0 aromatic rings. The summed E-state index contributed by atoms with van der Waals surface area (Å²) in [7, 11) is 2.16. The third kappa shape index (κ3) is 9.84. The first kappa shape index (κ1) is 15.4. The molecule has 0 aromatic carbocycles. The van der Waals surface area contributed by atoms with Crippen LogP contribution in [0.25, 0.3) is 0 Å². The molecule has 0 saturated carbocycles. The van der Waals surface area contributed by atoms with Crippen LogP contribution in [0.15, 0.2) is 0 Å². The second-order valence-electron chi connectivity index (χ2n) is 3.73. The number of aliphatic hydroxyl groups is 1. The highest BCUT2D eigenvalue weighted by Gasteiger charge is 2.04. The Labute approximate surface area is 83.9 Å². The van der Waals surface area contributed by atoms with Crippen LogP contribution in [0.5, 0.6) is 0 Å². The Morgan fingerprint density at radius 2 is 2.00 bits per heavy atom. The van der Waals surface area contributed by atoms with E-state index in [9.17, 15) is 0 Å². The van der Waals surface area contributed by atoms with Crippen molar-refractivity contribution < 1.29 is 5.11 Å². The van der Waals surface area contributed by atoms with E-state index in [1.54, 1.807) is 0 Å². The van der Waals surface area contributed by atoms with E-state index in [4.69, 9.17) is 5.11 Å². The molecular weight excluding hydrogens is 162 g/mol.